The van der Waals surface area contributed by atoms with Crippen LogP contribution in [0.5, 0.6) is 5.75 Å². The molecule has 2 aromatic carbocycles. The molecule has 1 aromatic heterocycles. The zero-order valence-electron chi connectivity index (χ0n) is 22.4. The van der Waals surface area contributed by atoms with E-state index in [1.807, 2.05) is 31.2 Å². The molecule has 5 nitrogen and oxygen atoms in total. The van der Waals surface area contributed by atoms with Gasteiger partial charge in [-0.25, -0.2) is 13.2 Å². The standard InChI is InChI=1S/C32H32F3N3O2/c1-20(38-30(39)24-12-28(17-36-16-24)40-27-10-11-32(34,35)15-27)21-2-4-22(5-3-21)29(23-6-8-26(33)9-7-23)25-13-31(14-25)18-37-19-31/h2-9,12,16-17,20,27,37H,10-11,13-15,18-19H2,1H3,(H,38,39)/t20-,27?/m1/s1. The molecule has 3 aliphatic rings. The highest BCUT2D eigenvalue weighted by Gasteiger charge is 2.46. The zero-order valence-corrected chi connectivity index (χ0v) is 22.4. The van der Waals surface area contributed by atoms with E-state index in [-0.39, 0.29) is 37.0 Å². The Morgan fingerprint density at radius 1 is 1.02 bits per heavy atom. The molecule has 1 amide bonds. The van der Waals surface area contributed by atoms with E-state index >= 15 is 0 Å². The normalized spacial score (nSPS) is 21.3. The molecule has 3 aromatic rings. The molecule has 2 saturated carbocycles. The Bertz CT molecular complexity index is 1420. The number of pyridine rings is 1. The Morgan fingerprint density at radius 2 is 1.70 bits per heavy atom. The molecule has 1 unspecified atom stereocenters. The second kappa shape index (κ2) is 10.4. The maximum atomic E-state index is 13.6. The van der Waals surface area contributed by atoms with Crippen LogP contribution in [-0.2, 0) is 0 Å². The molecule has 8 heteroatoms. The van der Waals surface area contributed by atoms with Gasteiger partial charge in [0.25, 0.3) is 11.8 Å². The summed E-state index contributed by atoms with van der Waals surface area (Å²) in [7, 11) is 0. The van der Waals surface area contributed by atoms with Crippen LogP contribution in [0.3, 0.4) is 0 Å². The summed E-state index contributed by atoms with van der Waals surface area (Å²) in [5.74, 6) is -2.98. The van der Waals surface area contributed by atoms with Gasteiger partial charge in [-0.2, -0.15) is 0 Å². The molecule has 208 valence electrons. The van der Waals surface area contributed by atoms with Crippen LogP contribution >= 0.6 is 0 Å². The van der Waals surface area contributed by atoms with Gasteiger partial charge in [-0.3, -0.25) is 9.78 Å². The lowest BCUT2D eigenvalue weighted by molar-refractivity contribution is -0.00110. The van der Waals surface area contributed by atoms with Gasteiger partial charge in [0.05, 0.1) is 17.8 Å². The van der Waals surface area contributed by atoms with Gasteiger partial charge in [-0.1, -0.05) is 42.0 Å². The number of aromatic nitrogens is 1. The van der Waals surface area contributed by atoms with Crippen molar-refractivity contribution in [2.75, 3.05) is 13.1 Å². The van der Waals surface area contributed by atoms with E-state index in [0.717, 1.165) is 48.2 Å². The minimum atomic E-state index is -2.71. The predicted octanol–water partition coefficient (Wildman–Crippen LogP) is 6.46. The molecule has 0 bridgehead atoms. The lowest BCUT2D eigenvalue weighted by atomic mass is 9.60. The highest BCUT2D eigenvalue weighted by molar-refractivity contribution is 5.94. The van der Waals surface area contributed by atoms with Crippen molar-refractivity contribution in [3.05, 3.63) is 101 Å². The summed E-state index contributed by atoms with van der Waals surface area (Å²) in [5.41, 5.74) is 6.22. The molecule has 1 aliphatic heterocycles. The van der Waals surface area contributed by atoms with Crippen molar-refractivity contribution in [2.24, 2.45) is 5.41 Å². The number of hydrogen-bond donors (Lipinski definition) is 2. The van der Waals surface area contributed by atoms with Crippen molar-refractivity contribution in [1.29, 1.82) is 0 Å². The highest BCUT2D eigenvalue weighted by Crippen LogP contribution is 2.51. The smallest absolute Gasteiger partial charge is 0.253 e. The first kappa shape index (κ1) is 26.6. The molecule has 1 saturated heterocycles. The lowest BCUT2D eigenvalue weighted by Gasteiger charge is -2.52. The summed E-state index contributed by atoms with van der Waals surface area (Å²) < 4.78 is 46.3. The van der Waals surface area contributed by atoms with Crippen LogP contribution in [0.4, 0.5) is 13.2 Å². The maximum absolute atomic E-state index is 13.6. The number of hydrogen-bond acceptors (Lipinski definition) is 4. The first-order valence-corrected chi connectivity index (χ1v) is 13.8. The maximum Gasteiger partial charge on any atom is 0.253 e. The highest BCUT2D eigenvalue weighted by atomic mass is 19.3. The van der Waals surface area contributed by atoms with Crippen LogP contribution in [0.15, 0.2) is 72.6 Å². The number of carbonyl (C=O) groups excluding carboxylic acids is 1. The summed E-state index contributed by atoms with van der Waals surface area (Å²) in [4.78, 5) is 17.0. The predicted molar refractivity (Wildman–Crippen MR) is 147 cm³/mol. The van der Waals surface area contributed by atoms with Crippen molar-refractivity contribution in [3.63, 3.8) is 0 Å². The van der Waals surface area contributed by atoms with Crippen molar-refractivity contribution in [3.8, 4) is 5.75 Å². The molecule has 2 N–H and O–H groups in total. The third kappa shape index (κ3) is 5.50. The number of nitrogens with one attached hydrogen (secondary N) is 2. The Morgan fingerprint density at radius 3 is 2.30 bits per heavy atom. The van der Waals surface area contributed by atoms with Crippen molar-refractivity contribution >= 4 is 11.5 Å². The molecule has 1 spiro atoms. The molecule has 2 aliphatic carbocycles. The largest absolute Gasteiger partial charge is 0.489 e. The van der Waals surface area contributed by atoms with Gasteiger partial charge >= 0.3 is 0 Å². The third-order valence-electron chi connectivity index (χ3n) is 8.35. The fourth-order valence-corrected chi connectivity index (χ4v) is 6.06. The second-order valence-electron chi connectivity index (χ2n) is 11.5. The van der Waals surface area contributed by atoms with Gasteiger partial charge in [0.1, 0.15) is 17.7 Å². The molecular formula is C32H32F3N3O2. The number of rotatable bonds is 7. The number of alkyl halides is 2. The van der Waals surface area contributed by atoms with Gasteiger partial charge in [0, 0.05) is 37.5 Å². The van der Waals surface area contributed by atoms with Crippen LogP contribution in [0.2, 0.25) is 0 Å². The van der Waals surface area contributed by atoms with Crippen molar-refractivity contribution < 1.29 is 22.7 Å². The number of halogens is 3. The van der Waals surface area contributed by atoms with Crippen molar-refractivity contribution in [2.45, 2.75) is 57.1 Å². The molecule has 0 radical (unpaired) electrons. The monoisotopic (exact) mass is 547 g/mol. The molecular weight excluding hydrogens is 515 g/mol. The molecule has 3 fully saturated rings. The summed E-state index contributed by atoms with van der Waals surface area (Å²) in [5, 5.41) is 6.36. The number of amides is 1. The minimum Gasteiger partial charge on any atom is -0.489 e. The van der Waals surface area contributed by atoms with E-state index < -0.39 is 12.0 Å². The number of allylic oxidation sites excluding steroid dienone is 1. The average molecular weight is 548 g/mol. The third-order valence-corrected chi connectivity index (χ3v) is 8.35. The van der Waals surface area contributed by atoms with Gasteiger partial charge in [0.15, 0.2) is 0 Å². The van der Waals surface area contributed by atoms with Crippen LogP contribution in [0.1, 0.15) is 72.1 Å². The van der Waals surface area contributed by atoms with Crippen molar-refractivity contribution in [1.82, 2.24) is 15.6 Å². The Labute approximate surface area is 231 Å². The number of nitrogens with zero attached hydrogens (tertiary/aromatic N) is 1. The van der Waals surface area contributed by atoms with E-state index in [9.17, 15) is 18.0 Å². The fourth-order valence-electron chi connectivity index (χ4n) is 6.06. The lowest BCUT2D eigenvalue weighted by Crippen LogP contribution is -2.58. The molecule has 6 rings (SSSR count). The van der Waals surface area contributed by atoms with Crippen LogP contribution < -0.4 is 15.4 Å². The Kier molecular flexibility index (Phi) is 6.90. The summed E-state index contributed by atoms with van der Waals surface area (Å²) in [6.07, 6.45) is 4.13. The van der Waals surface area contributed by atoms with Crippen LogP contribution in [0, 0.1) is 11.2 Å². The minimum absolute atomic E-state index is 0.192. The topological polar surface area (TPSA) is 63.2 Å². The van der Waals surface area contributed by atoms with E-state index in [0.29, 0.717) is 16.7 Å². The Hall–Kier alpha value is -3.65. The van der Waals surface area contributed by atoms with Gasteiger partial charge in [-0.05, 0) is 66.6 Å². The van der Waals surface area contributed by atoms with E-state index in [1.54, 1.807) is 6.07 Å². The van der Waals surface area contributed by atoms with Gasteiger partial charge in [0.2, 0.25) is 0 Å². The molecule has 2 atom stereocenters. The van der Waals surface area contributed by atoms with E-state index in [2.05, 4.69) is 27.8 Å². The number of carbonyl (C=O) groups is 1. The SMILES string of the molecule is C[C@@H](NC(=O)c1cncc(OC2CCC(F)(F)C2)c1)c1ccc(C(=C2CC3(CNC3)C2)c2ccc(F)cc2)cc1. The summed E-state index contributed by atoms with van der Waals surface area (Å²) in [6, 6.07) is 16.0. The van der Waals surface area contributed by atoms with Gasteiger partial charge < -0.3 is 15.4 Å². The zero-order chi connectivity index (χ0) is 27.9. The average Bonchev–Trinajstić information content (AvgIpc) is 3.23. The van der Waals surface area contributed by atoms with E-state index in [1.165, 1.54) is 30.1 Å². The number of benzene rings is 2. The Balaban J connectivity index is 1.14. The first-order chi connectivity index (χ1) is 19.2. The summed E-state index contributed by atoms with van der Waals surface area (Å²) in [6.45, 7) is 3.99. The molecule has 40 heavy (non-hydrogen) atoms. The number of ether oxygens (including phenoxy) is 1. The molecule has 2 heterocycles. The van der Waals surface area contributed by atoms with Crippen LogP contribution in [0.25, 0.3) is 5.57 Å². The van der Waals surface area contributed by atoms with E-state index in [4.69, 9.17) is 4.74 Å². The van der Waals surface area contributed by atoms with Crippen LogP contribution in [-0.4, -0.2) is 36.0 Å². The summed E-state index contributed by atoms with van der Waals surface area (Å²) >= 11 is 0. The van der Waals surface area contributed by atoms with Gasteiger partial charge in [-0.15, -0.1) is 0 Å². The quantitative estimate of drug-likeness (QED) is 0.356. The second-order valence-corrected chi connectivity index (χ2v) is 11.5. The fraction of sp³-hybridized carbons (Fsp3) is 0.375. The first-order valence-electron chi connectivity index (χ1n) is 13.8.